The molecule has 0 bridgehead atoms. The molecule has 1 saturated carbocycles. The van der Waals surface area contributed by atoms with Crippen molar-refractivity contribution >= 4 is 34.5 Å². The summed E-state index contributed by atoms with van der Waals surface area (Å²) >= 11 is 0. The summed E-state index contributed by atoms with van der Waals surface area (Å²) in [6.45, 7) is 2.87. The average Bonchev–Trinajstić information content (AvgIpc) is 3.74. The molecule has 8 aromatic rings. The molecule has 1 aliphatic rings. The lowest BCUT2D eigenvalue weighted by Gasteiger charge is -2.14. The molecule has 0 spiro atoms. The zero-order chi connectivity index (χ0) is 50.5. The van der Waals surface area contributed by atoms with Gasteiger partial charge in [0.25, 0.3) is 5.91 Å². The van der Waals surface area contributed by atoms with Crippen molar-refractivity contribution in [1.82, 2.24) is 24.1 Å². The van der Waals surface area contributed by atoms with Crippen molar-refractivity contribution in [2.45, 2.75) is 57.4 Å². The SMILES string of the molecule is Cc1cc(-c2cnc3c(NCCC(F)(F)F)cc(Oc4ccccc4)cn23)ccc1C(=O)NC1(C#N)CC1.Cc1cc(-c2cnc3c(NCCC(F)(F)F)cc(Oc4ccccc4)cn23)ccc1C(=O)O. The van der Waals surface area contributed by atoms with E-state index >= 15 is 0 Å². The summed E-state index contributed by atoms with van der Waals surface area (Å²) in [5.41, 5.74) is 5.60. The Hall–Kier alpha value is -8.53. The van der Waals surface area contributed by atoms with Gasteiger partial charge >= 0.3 is 18.3 Å². The number of carboxylic acids is 1. The summed E-state index contributed by atoms with van der Waals surface area (Å²) < 4.78 is 91.7. The fourth-order valence-electron chi connectivity index (χ4n) is 7.67. The quantitative estimate of drug-likeness (QED) is 0.0726. The van der Waals surface area contributed by atoms with Gasteiger partial charge in [-0.15, -0.1) is 0 Å². The van der Waals surface area contributed by atoms with Gasteiger partial charge in [-0.25, -0.2) is 14.8 Å². The number of ether oxygens (including phenoxy) is 2. The van der Waals surface area contributed by atoms with E-state index in [0.717, 1.165) is 5.56 Å². The molecule has 4 aromatic carbocycles. The Kier molecular flexibility index (Phi) is 13.9. The third-order valence-corrected chi connectivity index (χ3v) is 11.4. The van der Waals surface area contributed by atoms with Crippen molar-refractivity contribution in [3.05, 3.63) is 156 Å². The third kappa shape index (κ3) is 12.0. The van der Waals surface area contributed by atoms with Gasteiger partial charge in [0.2, 0.25) is 0 Å². The van der Waals surface area contributed by atoms with Crippen LogP contribution in [0.3, 0.4) is 0 Å². The number of benzene rings is 4. The molecule has 1 aliphatic carbocycles. The van der Waals surface area contributed by atoms with Gasteiger partial charge in [-0.2, -0.15) is 31.6 Å². The van der Waals surface area contributed by atoms with Gasteiger partial charge in [0, 0.05) is 41.9 Å². The molecular formula is C52H44F6N8O5. The number of nitriles is 1. The van der Waals surface area contributed by atoms with Gasteiger partial charge in [0.15, 0.2) is 11.3 Å². The highest BCUT2D eigenvalue weighted by molar-refractivity contribution is 5.97. The number of aromatic nitrogens is 4. The second-order valence-corrected chi connectivity index (χ2v) is 16.8. The van der Waals surface area contributed by atoms with Crippen LogP contribution in [0.2, 0.25) is 0 Å². The highest BCUT2D eigenvalue weighted by atomic mass is 19.4. The molecule has 71 heavy (non-hydrogen) atoms. The van der Waals surface area contributed by atoms with Crippen LogP contribution in [0.25, 0.3) is 33.8 Å². The molecule has 9 rings (SSSR count). The van der Waals surface area contributed by atoms with E-state index in [9.17, 15) is 46.3 Å². The van der Waals surface area contributed by atoms with Gasteiger partial charge < -0.3 is 30.5 Å². The minimum absolute atomic E-state index is 0.190. The molecule has 4 heterocycles. The fraction of sp³-hybridized carbons (Fsp3) is 0.212. The zero-order valence-electron chi connectivity index (χ0n) is 38.0. The number of alkyl halides is 6. The van der Waals surface area contributed by atoms with Crippen molar-refractivity contribution in [3.63, 3.8) is 0 Å². The molecule has 19 heteroatoms. The molecule has 4 N–H and O–H groups in total. The number of amides is 1. The van der Waals surface area contributed by atoms with Crippen molar-refractivity contribution in [3.8, 4) is 51.6 Å². The van der Waals surface area contributed by atoms with Crippen LogP contribution in [0, 0.1) is 25.2 Å². The molecule has 364 valence electrons. The number of aromatic carboxylic acids is 1. The Morgan fingerprint density at radius 2 is 1.10 bits per heavy atom. The Morgan fingerprint density at radius 3 is 1.48 bits per heavy atom. The van der Waals surface area contributed by atoms with E-state index in [4.69, 9.17) is 9.47 Å². The number of rotatable bonds is 15. The number of carbonyl (C=O) groups excluding carboxylic acids is 1. The van der Waals surface area contributed by atoms with Crippen LogP contribution in [-0.4, -0.2) is 66.7 Å². The number of nitrogens with one attached hydrogen (secondary N) is 3. The van der Waals surface area contributed by atoms with E-state index in [2.05, 4.69) is 32.0 Å². The maximum absolute atomic E-state index is 12.8. The third-order valence-electron chi connectivity index (χ3n) is 11.4. The summed E-state index contributed by atoms with van der Waals surface area (Å²) in [6, 6.07) is 33.7. The summed E-state index contributed by atoms with van der Waals surface area (Å²) in [7, 11) is 0. The predicted molar refractivity (Wildman–Crippen MR) is 254 cm³/mol. The number of aryl methyl sites for hydroxylation is 2. The molecule has 1 amide bonds. The van der Waals surface area contributed by atoms with Gasteiger partial charge in [-0.05, 0) is 86.3 Å². The van der Waals surface area contributed by atoms with Crippen LogP contribution in [-0.2, 0) is 0 Å². The van der Waals surface area contributed by atoms with E-state index in [-0.39, 0.29) is 24.6 Å². The minimum Gasteiger partial charge on any atom is -0.478 e. The Bertz CT molecular complexity index is 3270. The molecular weight excluding hydrogens is 931 g/mol. The van der Waals surface area contributed by atoms with Crippen LogP contribution in [0.15, 0.2) is 134 Å². The molecule has 0 saturated heterocycles. The van der Waals surface area contributed by atoms with E-state index < -0.39 is 36.7 Å². The largest absolute Gasteiger partial charge is 0.478 e. The maximum atomic E-state index is 12.8. The first-order valence-electron chi connectivity index (χ1n) is 22.2. The minimum atomic E-state index is -4.29. The van der Waals surface area contributed by atoms with Gasteiger partial charge in [-0.1, -0.05) is 48.5 Å². The molecule has 13 nitrogen and oxygen atoms in total. The second kappa shape index (κ2) is 20.2. The second-order valence-electron chi connectivity index (χ2n) is 16.8. The summed E-state index contributed by atoms with van der Waals surface area (Å²) in [5, 5.41) is 27.0. The van der Waals surface area contributed by atoms with Gasteiger partial charge in [0.1, 0.15) is 28.5 Å². The first-order valence-corrected chi connectivity index (χ1v) is 22.2. The Morgan fingerprint density at radius 1 is 0.662 bits per heavy atom. The number of pyridine rings is 2. The number of para-hydroxylation sites is 2. The van der Waals surface area contributed by atoms with Crippen LogP contribution in [0.5, 0.6) is 23.0 Å². The number of nitrogens with zero attached hydrogens (tertiary/aromatic N) is 5. The van der Waals surface area contributed by atoms with E-state index in [0.29, 0.717) is 92.2 Å². The van der Waals surface area contributed by atoms with Crippen LogP contribution >= 0.6 is 0 Å². The summed E-state index contributed by atoms with van der Waals surface area (Å²) in [4.78, 5) is 32.9. The van der Waals surface area contributed by atoms with Crippen LogP contribution < -0.4 is 25.4 Å². The van der Waals surface area contributed by atoms with E-state index in [1.165, 1.54) is 6.07 Å². The van der Waals surface area contributed by atoms with E-state index in [1.54, 1.807) is 101 Å². The molecule has 4 aromatic heterocycles. The number of hydrogen-bond acceptors (Lipinski definition) is 9. The first-order chi connectivity index (χ1) is 33.9. The van der Waals surface area contributed by atoms with Crippen molar-refractivity contribution in [2.75, 3.05) is 23.7 Å². The number of halogens is 6. The number of carboxylic acid groups (broad SMARTS) is 1. The lowest BCUT2D eigenvalue weighted by molar-refractivity contribution is -0.132. The lowest BCUT2D eigenvalue weighted by atomic mass is 10.0. The molecule has 0 unspecified atom stereocenters. The Labute approximate surface area is 402 Å². The topological polar surface area (TPSA) is 167 Å². The summed E-state index contributed by atoms with van der Waals surface area (Å²) in [5.74, 6) is 0.638. The molecule has 0 atom stereocenters. The standard InChI is InChI=1S/C28H24F3N5O2.C24H20F3N3O3/c1-18-13-19(7-8-22(18)26(37)35-27(17-32)9-10-27)24-15-34-25-23(33-12-11-28(29,30)31)14-21(16-36(24)25)38-20-5-3-2-4-6-20;1-15-11-16(7-8-19(15)23(31)32)21-13-29-22-20(28-10-9-24(25,26)27)12-18(14-30(21)22)33-17-5-3-2-4-6-17/h2-8,13-16,33H,9-12H2,1H3,(H,35,37);2-8,11-14,28H,9-10H2,1H3,(H,31,32). The average molecular weight is 975 g/mol. The van der Waals surface area contributed by atoms with Gasteiger partial charge in [-0.3, -0.25) is 13.6 Å². The number of imidazole rings is 2. The highest BCUT2D eigenvalue weighted by Crippen LogP contribution is 2.37. The normalized spacial score (nSPS) is 12.9. The Balaban J connectivity index is 0.000000192. The predicted octanol–water partition coefficient (Wildman–Crippen LogP) is 12.4. The number of hydrogen-bond donors (Lipinski definition) is 4. The molecule has 0 radical (unpaired) electrons. The number of anilines is 2. The summed E-state index contributed by atoms with van der Waals surface area (Å²) in [6.07, 6.45) is -2.66. The fourth-order valence-corrected chi connectivity index (χ4v) is 7.67. The molecule has 1 fully saturated rings. The first kappa shape index (κ1) is 48.9. The van der Waals surface area contributed by atoms with Crippen LogP contribution in [0.4, 0.5) is 37.7 Å². The zero-order valence-corrected chi connectivity index (χ0v) is 38.0. The number of fused-ring (bicyclic) bond motifs is 2. The van der Waals surface area contributed by atoms with E-state index in [1.807, 2.05) is 49.4 Å². The van der Waals surface area contributed by atoms with Crippen LogP contribution in [0.1, 0.15) is 57.5 Å². The monoisotopic (exact) mass is 974 g/mol. The lowest BCUT2D eigenvalue weighted by Crippen LogP contribution is -2.35. The molecule has 0 aliphatic heterocycles. The highest BCUT2D eigenvalue weighted by Gasteiger charge is 2.45. The van der Waals surface area contributed by atoms with Crippen molar-refractivity contribution in [2.24, 2.45) is 0 Å². The smallest absolute Gasteiger partial charge is 0.390 e. The maximum Gasteiger partial charge on any atom is 0.390 e. The van der Waals surface area contributed by atoms with Crippen molar-refractivity contribution < 1.29 is 50.5 Å². The van der Waals surface area contributed by atoms with Crippen molar-refractivity contribution in [1.29, 1.82) is 5.26 Å². The number of carbonyl (C=O) groups is 2. The van der Waals surface area contributed by atoms with Gasteiger partial charge in [0.05, 0.1) is 72.0 Å².